The zero-order chi connectivity index (χ0) is 12.6. The smallest absolute Gasteiger partial charge is 0.148 e. The van der Waals surface area contributed by atoms with Gasteiger partial charge in [-0.05, 0) is 42.1 Å². The number of thiol groups is 1. The van der Waals surface area contributed by atoms with E-state index in [4.69, 9.17) is 0 Å². The molecule has 1 aromatic heterocycles. The lowest BCUT2D eigenvalue weighted by Gasteiger charge is -2.16. The van der Waals surface area contributed by atoms with Crippen molar-refractivity contribution >= 4 is 12.6 Å². The third kappa shape index (κ3) is 2.65. The van der Waals surface area contributed by atoms with Crippen LogP contribution in [0, 0.1) is 5.82 Å². The Balaban J connectivity index is 2.48. The second-order valence-corrected chi connectivity index (χ2v) is 5.71. The van der Waals surface area contributed by atoms with E-state index in [0.29, 0.717) is 23.3 Å². The van der Waals surface area contributed by atoms with Crippen LogP contribution in [0.2, 0.25) is 0 Å². The van der Waals surface area contributed by atoms with Crippen LogP contribution in [0.4, 0.5) is 4.39 Å². The van der Waals surface area contributed by atoms with Crippen molar-refractivity contribution in [3.05, 3.63) is 28.8 Å². The molecule has 1 aliphatic carbocycles. The largest absolute Gasteiger partial charge is 0.254 e. The van der Waals surface area contributed by atoms with Crippen LogP contribution in [0.15, 0.2) is 6.07 Å². The third-order valence-electron chi connectivity index (χ3n) is 3.39. The predicted molar refractivity (Wildman–Crippen MR) is 72.5 cm³/mol. The number of hydrogen-bond acceptors (Lipinski definition) is 2. The third-order valence-corrected chi connectivity index (χ3v) is 3.94. The first-order valence-corrected chi connectivity index (χ1v) is 6.99. The molecule has 1 heterocycles. The van der Waals surface area contributed by atoms with Gasteiger partial charge >= 0.3 is 0 Å². The van der Waals surface area contributed by atoms with Crippen molar-refractivity contribution in [2.24, 2.45) is 0 Å². The van der Waals surface area contributed by atoms with Crippen molar-refractivity contribution in [2.45, 2.75) is 51.4 Å². The van der Waals surface area contributed by atoms with Crippen molar-refractivity contribution in [2.75, 3.05) is 5.75 Å². The summed E-state index contributed by atoms with van der Waals surface area (Å²) < 4.78 is 14.3. The van der Waals surface area contributed by atoms with Crippen LogP contribution in [0.25, 0.3) is 0 Å². The summed E-state index contributed by atoms with van der Waals surface area (Å²) in [5, 5.41) is 0. The Bertz CT molecular complexity index is 413. The summed E-state index contributed by atoms with van der Waals surface area (Å²) >= 11 is 4.27. The zero-order valence-electron chi connectivity index (χ0n) is 10.7. The van der Waals surface area contributed by atoms with Gasteiger partial charge in [-0.25, -0.2) is 4.39 Å². The minimum atomic E-state index is -0.0848. The Labute approximate surface area is 108 Å². The molecule has 0 aromatic carbocycles. The molecule has 0 amide bonds. The van der Waals surface area contributed by atoms with E-state index >= 15 is 0 Å². The number of rotatable bonds is 4. The fourth-order valence-corrected chi connectivity index (χ4v) is 2.17. The van der Waals surface area contributed by atoms with E-state index in [1.807, 2.05) is 13.0 Å². The summed E-state index contributed by atoms with van der Waals surface area (Å²) in [6.45, 7) is 6.23. The Morgan fingerprint density at radius 2 is 2.06 bits per heavy atom. The number of pyridine rings is 1. The molecular formula is C14H20FNS. The number of aromatic nitrogens is 1. The standard InChI is InChI=1S/C14H20FNS/c1-8(2)12-6-11(9(3)7-17)13(15)14(16-12)10-4-5-10/h6,8-10,17H,4-5,7H2,1-3H3. The minimum Gasteiger partial charge on any atom is -0.254 e. The molecule has 0 N–H and O–H groups in total. The molecule has 1 unspecified atom stereocenters. The number of hydrogen-bond donors (Lipinski definition) is 1. The van der Waals surface area contributed by atoms with Crippen LogP contribution in [0.5, 0.6) is 0 Å². The molecule has 1 fully saturated rings. The average Bonchev–Trinajstić information content (AvgIpc) is 3.12. The molecule has 0 bridgehead atoms. The molecule has 1 aliphatic rings. The van der Waals surface area contributed by atoms with Gasteiger partial charge in [0.25, 0.3) is 0 Å². The van der Waals surface area contributed by atoms with E-state index in [-0.39, 0.29) is 11.7 Å². The van der Waals surface area contributed by atoms with Gasteiger partial charge in [-0.15, -0.1) is 0 Å². The lowest BCUT2D eigenvalue weighted by atomic mass is 9.97. The van der Waals surface area contributed by atoms with E-state index in [1.54, 1.807) is 0 Å². The molecule has 0 spiro atoms. The van der Waals surface area contributed by atoms with Gasteiger partial charge in [-0.3, -0.25) is 4.98 Å². The SMILES string of the molecule is CC(C)c1cc(C(C)CS)c(F)c(C2CC2)n1. The fraction of sp³-hybridized carbons (Fsp3) is 0.643. The molecule has 1 saturated carbocycles. The average molecular weight is 253 g/mol. The molecule has 0 aliphatic heterocycles. The maximum atomic E-state index is 14.3. The van der Waals surface area contributed by atoms with E-state index in [0.717, 1.165) is 24.1 Å². The molecule has 2 rings (SSSR count). The van der Waals surface area contributed by atoms with Gasteiger partial charge < -0.3 is 0 Å². The molecule has 0 radical (unpaired) electrons. The van der Waals surface area contributed by atoms with E-state index < -0.39 is 0 Å². The van der Waals surface area contributed by atoms with Gasteiger partial charge in [0.05, 0.1) is 5.69 Å². The Hall–Kier alpha value is -0.570. The van der Waals surface area contributed by atoms with Gasteiger partial charge in [0, 0.05) is 11.6 Å². The van der Waals surface area contributed by atoms with E-state index in [2.05, 4.69) is 31.5 Å². The van der Waals surface area contributed by atoms with E-state index in [1.165, 1.54) is 0 Å². The van der Waals surface area contributed by atoms with Gasteiger partial charge in [0.1, 0.15) is 5.82 Å². The molecule has 94 valence electrons. The Morgan fingerprint density at radius 1 is 1.41 bits per heavy atom. The summed E-state index contributed by atoms with van der Waals surface area (Å²) in [5.74, 6) is 1.44. The highest BCUT2D eigenvalue weighted by Gasteiger charge is 2.30. The Kier molecular flexibility index (Phi) is 3.76. The topological polar surface area (TPSA) is 12.9 Å². The summed E-state index contributed by atoms with van der Waals surface area (Å²) in [5.41, 5.74) is 2.50. The van der Waals surface area contributed by atoms with Gasteiger partial charge in [-0.2, -0.15) is 12.6 Å². The second kappa shape index (κ2) is 4.97. The highest BCUT2D eigenvalue weighted by molar-refractivity contribution is 7.80. The highest BCUT2D eigenvalue weighted by atomic mass is 32.1. The summed E-state index contributed by atoms with van der Waals surface area (Å²) in [6.07, 6.45) is 2.17. The molecule has 1 atom stereocenters. The summed E-state index contributed by atoms with van der Waals surface area (Å²) in [4.78, 5) is 4.51. The van der Waals surface area contributed by atoms with Crippen molar-refractivity contribution < 1.29 is 4.39 Å². The molecule has 1 nitrogen and oxygen atoms in total. The normalized spacial score (nSPS) is 17.5. The lowest BCUT2D eigenvalue weighted by Crippen LogP contribution is -2.08. The van der Waals surface area contributed by atoms with Crippen LogP contribution in [0.3, 0.4) is 0 Å². The summed E-state index contributed by atoms with van der Waals surface area (Å²) in [6, 6.07) is 1.92. The molecular weight excluding hydrogens is 233 g/mol. The van der Waals surface area contributed by atoms with Crippen LogP contribution < -0.4 is 0 Å². The Morgan fingerprint density at radius 3 is 2.53 bits per heavy atom. The predicted octanol–water partition coefficient (Wildman–Crippen LogP) is 4.25. The van der Waals surface area contributed by atoms with Crippen LogP contribution >= 0.6 is 12.6 Å². The fourth-order valence-electron chi connectivity index (χ4n) is 1.97. The second-order valence-electron chi connectivity index (χ2n) is 5.35. The van der Waals surface area contributed by atoms with Gasteiger partial charge in [0.15, 0.2) is 0 Å². The highest BCUT2D eigenvalue weighted by Crippen LogP contribution is 2.42. The van der Waals surface area contributed by atoms with Crippen LogP contribution in [-0.2, 0) is 0 Å². The lowest BCUT2D eigenvalue weighted by molar-refractivity contribution is 0.568. The first-order valence-electron chi connectivity index (χ1n) is 6.35. The van der Waals surface area contributed by atoms with E-state index in [9.17, 15) is 4.39 Å². The van der Waals surface area contributed by atoms with Crippen molar-refractivity contribution in [1.82, 2.24) is 4.98 Å². The van der Waals surface area contributed by atoms with Crippen LogP contribution in [0.1, 0.15) is 68.3 Å². The number of nitrogens with zero attached hydrogens (tertiary/aromatic N) is 1. The molecule has 0 saturated heterocycles. The minimum absolute atomic E-state index is 0.0848. The molecule has 1 aromatic rings. The maximum Gasteiger partial charge on any atom is 0.148 e. The van der Waals surface area contributed by atoms with Crippen molar-refractivity contribution in [3.8, 4) is 0 Å². The monoisotopic (exact) mass is 253 g/mol. The quantitative estimate of drug-likeness (QED) is 0.791. The number of halogens is 1. The maximum absolute atomic E-state index is 14.3. The first kappa shape index (κ1) is 12.9. The molecule has 17 heavy (non-hydrogen) atoms. The zero-order valence-corrected chi connectivity index (χ0v) is 11.6. The first-order chi connectivity index (χ1) is 8.04. The molecule has 3 heteroatoms. The van der Waals surface area contributed by atoms with Crippen molar-refractivity contribution in [1.29, 1.82) is 0 Å². The van der Waals surface area contributed by atoms with Crippen LogP contribution in [-0.4, -0.2) is 10.7 Å². The summed E-state index contributed by atoms with van der Waals surface area (Å²) in [7, 11) is 0. The van der Waals surface area contributed by atoms with Gasteiger partial charge in [-0.1, -0.05) is 20.8 Å². The van der Waals surface area contributed by atoms with Crippen molar-refractivity contribution in [3.63, 3.8) is 0 Å². The van der Waals surface area contributed by atoms with Gasteiger partial charge in [0.2, 0.25) is 0 Å².